The summed E-state index contributed by atoms with van der Waals surface area (Å²) in [7, 11) is 0. The molecule has 4 nitrogen and oxygen atoms in total. The average Bonchev–Trinajstić information content (AvgIpc) is 2.89. The molecule has 0 fully saturated rings. The molecule has 1 aliphatic heterocycles. The monoisotopic (exact) mass is 608 g/mol. The van der Waals surface area contributed by atoms with Gasteiger partial charge in [0.25, 0.3) is 0 Å². The number of carbonyl (C=O) groups is 1. The van der Waals surface area contributed by atoms with Crippen molar-refractivity contribution in [1.29, 1.82) is 0 Å². The number of hydrogen-bond acceptors (Lipinski definition) is 3. The number of carbonyl (C=O) groups excluding carboxylic acids is 1. The maximum atomic E-state index is 13.4. The normalized spacial score (nSPS) is 27.8. The smallest absolute Gasteiger partial charge is 0.297 e. The summed E-state index contributed by atoms with van der Waals surface area (Å²) in [5.74, 6) is 0.0886. The van der Waals surface area contributed by atoms with E-state index >= 15 is 0 Å². The van der Waals surface area contributed by atoms with E-state index in [4.69, 9.17) is 4.84 Å². The van der Waals surface area contributed by atoms with Crippen LogP contribution >= 0.6 is 31.9 Å². The lowest BCUT2D eigenvalue weighted by Gasteiger charge is -2.39. The van der Waals surface area contributed by atoms with Gasteiger partial charge in [-0.15, -0.1) is 0 Å². The zero-order valence-electron chi connectivity index (χ0n) is 20.9. The largest absolute Gasteiger partial charge is 0.445 e. The Morgan fingerprint density at radius 1 is 1.06 bits per heavy atom. The molecule has 4 rings (SSSR count). The Morgan fingerprint density at radius 2 is 1.75 bits per heavy atom. The Labute approximate surface area is 230 Å². The molecule has 0 spiro atoms. The molecule has 0 radical (unpaired) electrons. The number of allylic oxidation sites excluding steroid dienone is 6. The van der Waals surface area contributed by atoms with Crippen LogP contribution in [-0.2, 0) is 4.84 Å². The van der Waals surface area contributed by atoms with Crippen LogP contribution in [0.2, 0.25) is 0 Å². The number of halogens is 2. The minimum Gasteiger partial charge on any atom is -0.297 e. The van der Waals surface area contributed by atoms with E-state index in [-0.39, 0.29) is 17.3 Å². The van der Waals surface area contributed by atoms with Gasteiger partial charge in [0.15, 0.2) is 0 Å². The standard InChI is InChI=1S/C30H30Br2N2O2/c1-20-7-14-26(15-8-20)34-27(16-11-23-9-12-24(31)13-10-23)18-28(21(2)22(3)33-36-29(34)35)30(4)17-5-6-25(32)19-30/h5-18,21,28H,19H2,1-4H3/b16-11+,27-18-,33-22-/t21-,28+,30?/m0/s1. The summed E-state index contributed by atoms with van der Waals surface area (Å²) < 4.78 is 2.17. The lowest BCUT2D eigenvalue weighted by atomic mass is 9.66. The molecule has 2 aromatic rings. The Kier molecular flexibility index (Phi) is 8.16. The molecule has 0 bridgehead atoms. The van der Waals surface area contributed by atoms with Gasteiger partial charge in [-0.05, 0) is 72.0 Å². The maximum Gasteiger partial charge on any atom is 0.445 e. The van der Waals surface area contributed by atoms with Crippen molar-refractivity contribution in [1.82, 2.24) is 0 Å². The van der Waals surface area contributed by atoms with Crippen molar-refractivity contribution < 1.29 is 9.63 Å². The van der Waals surface area contributed by atoms with Crippen LogP contribution in [0.25, 0.3) is 6.08 Å². The second kappa shape index (κ2) is 11.1. The van der Waals surface area contributed by atoms with Crippen LogP contribution in [0.15, 0.2) is 98.7 Å². The third-order valence-corrected chi connectivity index (χ3v) is 8.00. The summed E-state index contributed by atoms with van der Waals surface area (Å²) in [6, 6.07) is 15.9. The first-order valence-corrected chi connectivity index (χ1v) is 13.6. The van der Waals surface area contributed by atoms with E-state index in [1.54, 1.807) is 4.90 Å². The minimum atomic E-state index is -0.539. The molecule has 0 saturated heterocycles. The molecular formula is C30H30Br2N2O2. The highest BCUT2D eigenvalue weighted by molar-refractivity contribution is 9.11. The van der Waals surface area contributed by atoms with E-state index in [9.17, 15) is 4.79 Å². The van der Waals surface area contributed by atoms with Gasteiger partial charge in [-0.3, -0.25) is 4.84 Å². The van der Waals surface area contributed by atoms with Crippen molar-refractivity contribution in [3.63, 3.8) is 0 Å². The van der Waals surface area contributed by atoms with E-state index in [1.165, 1.54) is 0 Å². The summed E-state index contributed by atoms with van der Waals surface area (Å²) in [5, 5.41) is 4.27. The summed E-state index contributed by atoms with van der Waals surface area (Å²) >= 11 is 7.21. The zero-order chi connectivity index (χ0) is 25.9. The molecule has 2 aliphatic rings. The molecule has 1 heterocycles. The fourth-order valence-electron chi connectivity index (χ4n) is 4.68. The number of anilines is 1. The van der Waals surface area contributed by atoms with E-state index in [0.29, 0.717) is 0 Å². The molecule has 0 aromatic heterocycles. The molecule has 1 unspecified atom stereocenters. The van der Waals surface area contributed by atoms with Gasteiger partial charge in [0.05, 0.1) is 11.4 Å². The minimum absolute atomic E-state index is 0.0416. The van der Waals surface area contributed by atoms with Gasteiger partial charge in [-0.25, -0.2) is 9.69 Å². The highest BCUT2D eigenvalue weighted by Crippen LogP contribution is 2.45. The first kappa shape index (κ1) is 26.4. The van der Waals surface area contributed by atoms with E-state index in [2.05, 4.69) is 75.2 Å². The summed E-state index contributed by atoms with van der Waals surface area (Å²) in [5.41, 5.74) is 4.21. The molecule has 0 saturated carbocycles. The number of nitrogens with zero attached hydrogens (tertiary/aromatic N) is 2. The Bertz CT molecular complexity index is 1270. The summed E-state index contributed by atoms with van der Waals surface area (Å²) in [4.78, 5) is 20.5. The molecule has 3 atom stereocenters. The molecule has 36 heavy (non-hydrogen) atoms. The van der Waals surface area contributed by atoms with Gasteiger partial charge in [0, 0.05) is 16.1 Å². The van der Waals surface area contributed by atoms with Crippen molar-refractivity contribution in [3.8, 4) is 0 Å². The van der Waals surface area contributed by atoms with Crippen molar-refractivity contribution in [2.75, 3.05) is 4.90 Å². The van der Waals surface area contributed by atoms with Crippen LogP contribution in [0.3, 0.4) is 0 Å². The van der Waals surface area contributed by atoms with Gasteiger partial charge >= 0.3 is 6.09 Å². The van der Waals surface area contributed by atoms with Gasteiger partial charge in [0.2, 0.25) is 0 Å². The SMILES string of the molecule is C/C1=N/OC(=O)N(c2ccc(C)cc2)C(/C=C/c2ccc(Br)cc2)=C\[C@@H](C2(C)C=CC=C(Br)C2)[C@H]1C. The lowest BCUT2D eigenvalue weighted by molar-refractivity contribution is 0.159. The first-order valence-electron chi connectivity index (χ1n) is 12.0. The van der Waals surface area contributed by atoms with E-state index in [1.807, 2.05) is 74.5 Å². The van der Waals surface area contributed by atoms with Crippen LogP contribution in [0, 0.1) is 24.2 Å². The third-order valence-electron chi connectivity index (χ3n) is 6.93. The van der Waals surface area contributed by atoms with Gasteiger partial charge in [-0.2, -0.15) is 0 Å². The Morgan fingerprint density at radius 3 is 2.42 bits per heavy atom. The van der Waals surface area contributed by atoms with Crippen LogP contribution in [0.4, 0.5) is 10.5 Å². The van der Waals surface area contributed by atoms with Gasteiger partial charge < -0.3 is 0 Å². The van der Waals surface area contributed by atoms with Gasteiger partial charge in [0.1, 0.15) is 0 Å². The summed E-state index contributed by atoms with van der Waals surface area (Å²) in [6.45, 7) is 8.36. The first-order chi connectivity index (χ1) is 17.2. The molecule has 6 heteroatoms. The Hall–Kier alpha value is -2.70. The fourth-order valence-corrected chi connectivity index (χ4v) is 5.70. The molecule has 2 aromatic carbocycles. The highest BCUT2D eigenvalue weighted by Gasteiger charge is 2.39. The number of aryl methyl sites for hydroxylation is 1. The van der Waals surface area contributed by atoms with Crippen molar-refractivity contribution in [3.05, 3.63) is 105 Å². The summed E-state index contributed by atoms with van der Waals surface area (Å²) in [6.07, 6.45) is 13.0. The average molecular weight is 610 g/mol. The number of hydrogen-bond donors (Lipinski definition) is 0. The number of amides is 1. The second-order valence-electron chi connectivity index (χ2n) is 9.71. The highest BCUT2D eigenvalue weighted by atomic mass is 79.9. The molecular weight excluding hydrogens is 580 g/mol. The topological polar surface area (TPSA) is 41.9 Å². The zero-order valence-corrected chi connectivity index (χ0v) is 24.1. The number of benzene rings is 2. The number of oxime groups is 1. The Balaban J connectivity index is 1.89. The van der Waals surface area contributed by atoms with Crippen molar-refractivity contribution in [2.24, 2.45) is 22.4 Å². The predicted molar refractivity (Wildman–Crippen MR) is 156 cm³/mol. The van der Waals surface area contributed by atoms with Crippen LogP contribution in [-0.4, -0.2) is 11.8 Å². The van der Waals surface area contributed by atoms with Crippen molar-refractivity contribution in [2.45, 2.75) is 34.1 Å². The fraction of sp³-hybridized carbons (Fsp3) is 0.267. The molecule has 186 valence electrons. The van der Waals surface area contributed by atoms with Crippen LogP contribution in [0.5, 0.6) is 0 Å². The third kappa shape index (κ3) is 5.98. The van der Waals surface area contributed by atoms with Gasteiger partial charge in [-0.1, -0.05) is 111 Å². The van der Waals surface area contributed by atoms with E-state index < -0.39 is 6.09 Å². The maximum absolute atomic E-state index is 13.4. The molecule has 1 amide bonds. The van der Waals surface area contributed by atoms with Crippen LogP contribution < -0.4 is 4.90 Å². The van der Waals surface area contributed by atoms with E-state index in [0.717, 1.165) is 43.6 Å². The molecule has 1 aliphatic carbocycles. The quantitative estimate of drug-likeness (QED) is 0.324. The predicted octanol–water partition coefficient (Wildman–Crippen LogP) is 9.18. The number of rotatable bonds is 4. The lowest BCUT2D eigenvalue weighted by Crippen LogP contribution is -2.34. The van der Waals surface area contributed by atoms with Crippen molar-refractivity contribution >= 4 is 55.4 Å². The second-order valence-corrected chi connectivity index (χ2v) is 11.6. The molecule has 0 N–H and O–H groups in total. The van der Waals surface area contributed by atoms with Crippen LogP contribution in [0.1, 0.15) is 38.3 Å².